The molecule has 3 N–H and O–H groups in total. The molecule has 0 bridgehead atoms. The number of aromatic amines is 2. The number of nitrogens with zero attached hydrogens (tertiary/aromatic N) is 1. The van der Waals surface area contributed by atoms with Gasteiger partial charge >= 0.3 is 0 Å². The van der Waals surface area contributed by atoms with Crippen LogP contribution < -0.4 is 10.1 Å². The molecule has 6 nitrogen and oxygen atoms in total. The summed E-state index contributed by atoms with van der Waals surface area (Å²) in [6.45, 7) is 4.19. The highest BCUT2D eigenvalue weighted by Gasteiger charge is 2.22. The van der Waals surface area contributed by atoms with Gasteiger partial charge in [-0.1, -0.05) is 44.2 Å². The monoisotopic (exact) mass is 466 g/mol. The van der Waals surface area contributed by atoms with Crippen molar-refractivity contribution in [2.45, 2.75) is 32.7 Å². The van der Waals surface area contributed by atoms with Crippen molar-refractivity contribution in [3.05, 3.63) is 84.2 Å². The average Bonchev–Trinajstić information content (AvgIpc) is 3.47. The second kappa shape index (κ2) is 9.66. The van der Waals surface area contributed by atoms with Gasteiger partial charge in [-0.05, 0) is 65.9 Å². The number of benzene rings is 3. The van der Waals surface area contributed by atoms with Gasteiger partial charge in [-0.15, -0.1) is 0 Å². The Morgan fingerprint density at radius 1 is 0.943 bits per heavy atom. The molecule has 0 saturated carbocycles. The zero-order chi connectivity index (χ0) is 24.4. The minimum Gasteiger partial charge on any atom is -0.497 e. The Morgan fingerprint density at radius 3 is 2.37 bits per heavy atom. The minimum absolute atomic E-state index is 0.00937. The van der Waals surface area contributed by atoms with Crippen LogP contribution in [0.25, 0.3) is 33.2 Å². The molecule has 1 atom stereocenters. The van der Waals surface area contributed by atoms with E-state index in [-0.39, 0.29) is 17.9 Å². The maximum absolute atomic E-state index is 13.1. The number of hydrogen-bond donors (Lipinski definition) is 3. The summed E-state index contributed by atoms with van der Waals surface area (Å²) >= 11 is 0. The van der Waals surface area contributed by atoms with Gasteiger partial charge in [0.05, 0.1) is 24.2 Å². The fourth-order valence-electron chi connectivity index (χ4n) is 4.62. The first kappa shape index (κ1) is 22.7. The summed E-state index contributed by atoms with van der Waals surface area (Å²) in [7, 11) is 1.66. The lowest BCUT2D eigenvalue weighted by Gasteiger charge is -2.20. The zero-order valence-corrected chi connectivity index (χ0v) is 20.3. The Morgan fingerprint density at radius 2 is 1.66 bits per heavy atom. The first-order chi connectivity index (χ1) is 17.0. The number of imidazole rings is 1. The Bertz CT molecular complexity index is 1430. The van der Waals surface area contributed by atoms with Crippen LogP contribution in [0.2, 0.25) is 0 Å². The molecule has 2 heterocycles. The SMILES string of the molecule is COc1ccc(-c2[nH]c3ccccc3c2CCC(=O)N[C@H](c2nc3ccccc3[nH]2)C(C)C)cc1. The van der Waals surface area contributed by atoms with E-state index < -0.39 is 0 Å². The van der Waals surface area contributed by atoms with Gasteiger partial charge in [-0.2, -0.15) is 0 Å². The fourth-order valence-corrected chi connectivity index (χ4v) is 4.62. The summed E-state index contributed by atoms with van der Waals surface area (Å²) in [6, 6.07) is 24.0. The molecule has 2 aromatic heterocycles. The van der Waals surface area contributed by atoms with E-state index in [4.69, 9.17) is 9.72 Å². The molecule has 0 unspecified atom stereocenters. The maximum atomic E-state index is 13.1. The number of aromatic nitrogens is 3. The molecule has 0 saturated heterocycles. The topological polar surface area (TPSA) is 82.8 Å². The first-order valence-corrected chi connectivity index (χ1v) is 12.0. The molecule has 0 aliphatic carbocycles. The highest BCUT2D eigenvalue weighted by molar-refractivity contribution is 5.91. The normalized spacial score (nSPS) is 12.3. The minimum atomic E-state index is -0.182. The fraction of sp³-hybridized carbons (Fsp3) is 0.241. The van der Waals surface area contributed by atoms with Crippen molar-refractivity contribution in [1.29, 1.82) is 0 Å². The summed E-state index contributed by atoms with van der Waals surface area (Å²) in [5.41, 5.74) is 6.21. The number of carbonyl (C=O) groups is 1. The van der Waals surface area contributed by atoms with E-state index in [1.807, 2.05) is 60.7 Å². The van der Waals surface area contributed by atoms with Crippen molar-refractivity contribution < 1.29 is 9.53 Å². The lowest BCUT2D eigenvalue weighted by atomic mass is 10.00. The number of ether oxygens (including phenoxy) is 1. The Kier molecular flexibility index (Phi) is 6.27. The standard InChI is InChI=1S/C29H30N4O2/c1-18(2)27(29-31-24-10-6-7-11-25(24)32-29)33-26(34)17-16-22-21-8-4-5-9-23(21)30-28(22)19-12-14-20(35-3)15-13-19/h4-15,18,27,30H,16-17H2,1-3H3,(H,31,32)(H,33,34)/t27-/m0/s1. The molecule has 6 heteroatoms. The highest BCUT2D eigenvalue weighted by atomic mass is 16.5. The average molecular weight is 467 g/mol. The Labute approximate surface area is 204 Å². The van der Waals surface area contributed by atoms with Crippen LogP contribution in [0.5, 0.6) is 5.75 Å². The number of fused-ring (bicyclic) bond motifs is 2. The summed E-state index contributed by atoms with van der Waals surface area (Å²) < 4.78 is 5.31. The van der Waals surface area contributed by atoms with Gasteiger partial charge < -0.3 is 20.0 Å². The molecule has 0 radical (unpaired) electrons. The van der Waals surface area contributed by atoms with Gasteiger partial charge in [-0.25, -0.2) is 4.98 Å². The van der Waals surface area contributed by atoms with Crippen LogP contribution in [-0.2, 0) is 11.2 Å². The molecule has 35 heavy (non-hydrogen) atoms. The number of aryl methyl sites for hydroxylation is 1. The second-order valence-corrected chi connectivity index (χ2v) is 9.18. The predicted octanol–water partition coefficient (Wildman–Crippen LogP) is 6.17. The van der Waals surface area contributed by atoms with Crippen molar-refractivity contribution in [3.63, 3.8) is 0 Å². The third kappa shape index (κ3) is 4.64. The molecular formula is C29H30N4O2. The smallest absolute Gasteiger partial charge is 0.220 e. The zero-order valence-electron chi connectivity index (χ0n) is 20.3. The van der Waals surface area contributed by atoms with Gasteiger partial charge in [0.15, 0.2) is 0 Å². The van der Waals surface area contributed by atoms with E-state index in [1.165, 1.54) is 0 Å². The molecule has 0 fully saturated rings. The van der Waals surface area contributed by atoms with E-state index in [2.05, 4.69) is 41.3 Å². The van der Waals surface area contributed by atoms with Crippen molar-refractivity contribution >= 4 is 27.8 Å². The van der Waals surface area contributed by atoms with Crippen molar-refractivity contribution in [3.8, 4) is 17.0 Å². The highest BCUT2D eigenvalue weighted by Crippen LogP contribution is 2.32. The molecule has 178 valence electrons. The number of methoxy groups -OCH3 is 1. The predicted molar refractivity (Wildman–Crippen MR) is 140 cm³/mol. The number of amides is 1. The van der Waals surface area contributed by atoms with Gasteiger partial charge in [0.25, 0.3) is 0 Å². The van der Waals surface area contributed by atoms with Gasteiger partial charge in [-0.3, -0.25) is 4.79 Å². The summed E-state index contributed by atoms with van der Waals surface area (Å²) in [5, 5.41) is 4.36. The number of para-hydroxylation sites is 3. The second-order valence-electron chi connectivity index (χ2n) is 9.18. The number of hydrogen-bond acceptors (Lipinski definition) is 3. The van der Waals surface area contributed by atoms with E-state index in [0.29, 0.717) is 12.8 Å². The number of nitrogens with one attached hydrogen (secondary N) is 3. The van der Waals surface area contributed by atoms with E-state index in [9.17, 15) is 4.79 Å². The summed E-state index contributed by atoms with van der Waals surface area (Å²) in [4.78, 5) is 24.8. The van der Waals surface area contributed by atoms with Crippen LogP contribution in [0.1, 0.15) is 37.7 Å². The van der Waals surface area contributed by atoms with Crippen LogP contribution in [0, 0.1) is 5.92 Å². The largest absolute Gasteiger partial charge is 0.497 e. The van der Waals surface area contributed by atoms with Crippen molar-refractivity contribution in [2.75, 3.05) is 7.11 Å². The summed E-state index contributed by atoms with van der Waals surface area (Å²) in [6.07, 6.45) is 1.01. The van der Waals surface area contributed by atoms with Crippen LogP contribution >= 0.6 is 0 Å². The van der Waals surface area contributed by atoms with Crippen molar-refractivity contribution in [2.24, 2.45) is 5.92 Å². The van der Waals surface area contributed by atoms with Gasteiger partial charge in [0.1, 0.15) is 11.6 Å². The van der Waals surface area contributed by atoms with Crippen LogP contribution in [-0.4, -0.2) is 28.0 Å². The van der Waals surface area contributed by atoms with Crippen molar-refractivity contribution in [1.82, 2.24) is 20.3 Å². The molecule has 1 amide bonds. The molecule has 0 aliphatic rings. The first-order valence-electron chi connectivity index (χ1n) is 12.0. The van der Waals surface area contributed by atoms with E-state index in [1.54, 1.807) is 7.11 Å². The van der Waals surface area contributed by atoms with Crippen LogP contribution in [0.4, 0.5) is 0 Å². The number of H-pyrrole nitrogens is 2. The Balaban J connectivity index is 1.37. The summed E-state index contributed by atoms with van der Waals surface area (Å²) in [5.74, 6) is 1.81. The molecule has 5 aromatic rings. The molecule has 0 aliphatic heterocycles. The van der Waals surface area contributed by atoms with E-state index >= 15 is 0 Å². The quantitative estimate of drug-likeness (QED) is 0.256. The molecule has 0 spiro atoms. The van der Waals surface area contributed by atoms with Crippen LogP contribution in [0.15, 0.2) is 72.8 Å². The third-order valence-electron chi connectivity index (χ3n) is 6.48. The lowest BCUT2D eigenvalue weighted by molar-refractivity contribution is -0.122. The molecule has 3 aromatic carbocycles. The Hall–Kier alpha value is -4.06. The van der Waals surface area contributed by atoms with Gasteiger partial charge in [0, 0.05) is 23.0 Å². The maximum Gasteiger partial charge on any atom is 0.220 e. The molecule has 5 rings (SSSR count). The third-order valence-corrected chi connectivity index (χ3v) is 6.48. The van der Waals surface area contributed by atoms with E-state index in [0.717, 1.165) is 50.3 Å². The lowest BCUT2D eigenvalue weighted by Crippen LogP contribution is -2.32. The molecular weight excluding hydrogens is 436 g/mol. The number of carbonyl (C=O) groups excluding carboxylic acids is 1. The number of rotatable bonds is 8. The van der Waals surface area contributed by atoms with Gasteiger partial charge in [0.2, 0.25) is 5.91 Å². The van der Waals surface area contributed by atoms with Crippen LogP contribution in [0.3, 0.4) is 0 Å².